The molecule has 0 saturated heterocycles. The van der Waals surface area contributed by atoms with E-state index in [1.165, 1.54) is 6.07 Å². The number of carbonyl (C=O) groups is 2. The Bertz CT molecular complexity index is 677. The van der Waals surface area contributed by atoms with Crippen LogP contribution in [0.3, 0.4) is 0 Å². The largest absolute Gasteiger partial charge is 0.268 e. The van der Waals surface area contributed by atoms with E-state index in [1.807, 2.05) is 0 Å². The molecule has 0 aromatic heterocycles. The van der Waals surface area contributed by atoms with Crippen molar-refractivity contribution < 1.29 is 9.59 Å². The molecule has 0 aliphatic carbocycles. The van der Waals surface area contributed by atoms with Crippen LogP contribution in [-0.2, 0) is 0 Å². The molecule has 0 spiro atoms. The molecule has 0 saturated carbocycles. The first kappa shape index (κ1) is 12.2. The summed E-state index contributed by atoms with van der Waals surface area (Å²) in [5.74, 6) is -0.769. The van der Waals surface area contributed by atoms with Gasteiger partial charge in [0.25, 0.3) is 11.8 Å². The smallest absolute Gasteiger partial charge is 0.266 e. The van der Waals surface area contributed by atoms with Gasteiger partial charge in [0.2, 0.25) is 0 Å². The number of nitrogens with zero attached hydrogens (tertiary/aromatic N) is 1. The van der Waals surface area contributed by atoms with Crippen LogP contribution in [0.25, 0.3) is 0 Å². The van der Waals surface area contributed by atoms with Crippen molar-refractivity contribution in [3.63, 3.8) is 0 Å². The van der Waals surface area contributed by atoms with Crippen molar-refractivity contribution in [3.05, 3.63) is 63.6 Å². The van der Waals surface area contributed by atoms with Gasteiger partial charge in [0.05, 0.1) is 21.8 Å². The van der Waals surface area contributed by atoms with Crippen molar-refractivity contribution in [2.75, 3.05) is 4.90 Å². The molecule has 19 heavy (non-hydrogen) atoms. The summed E-state index contributed by atoms with van der Waals surface area (Å²) in [6.45, 7) is 0. The summed E-state index contributed by atoms with van der Waals surface area (Å²) in [5.41, 5.74) is 1.06. The first-order valence-corrected chi connectivity index (χ1v) is 6.28. The highest BCUT2D eigenvalue weighted by Crippen LogP contribution is 2.34. The number of hydrogen-bond acceptors (Lipinski definition) is 2. The van der Waals surface area contributed by atoms with Crippen molar-refractivity contribution in [2.24, 2.45) is 0 Å². The van der Waals surface area contributed by atoms with Gasteiger partial charge in [-0.3, -0.25) is 9.59 Å². The second-order valence-electron chi connectivity index (χ2n) is 4.09. The third-order valence-corrected chi connectivity index (χ3v) is 3.50. The van der Waals surface area contributed by atoms with Crippen LogP contribution in [-0.4, -0.2) is 11.8 Å². The summed E-state index contributed by atoms with van der Waals surface area (Å²) in [7, 11) is 0. The molecule has 2 aromatic carbocycles. The predicted molar refractivity (Wildman–Crippen MR) is 74.0 cm³/mol. The van der Waals surface area contributed by atoms with Crippen LogP contribution >= 0.6 is 23.2 Å². The molecule has 1 aliphatic rings. The number of carbonyl (C=O) groups excluding carboxylic acids is 2. The highest BCUT2D eigenvalue weighted by Gasteiger charge is 2.37. The molecule has 1 aliphatic heterocycles. The summed E-state index contributed by atoms with van der Waals surface area (Å²) in [6.07, 6.45) is 0. The Morgan fingerprint density at radius 3 is 2.00 bits per heavy atom. The van der Waals surface area contributed by atoms with Gasteiger partial charge >= 0.3 is 0 Å². The van der Waals surface area contributed by atoms with E-state index in [2.05, 4.69) is 0 Å². The van der Waals surface area contributed by atoms with Crippen molar-refractivity contribution in [1.82, 2.24) is 0 Å². The van der Waals surface area contributed by atoms with Crippen LogP contribution in [0, 0.1) is 0 Å². The molecule has 0 radical (unpaired) electrons. The zero-order valence-corrected chi connectivity index (χ0v) is 11.1. The fourth-order valence-corrected chi connectivity index (χ4v) is 2.43. The minimum atomic E-state index is -0.384. The monoisotopic (exact) mass is 291 g/mol. The first-order valence-electron chi connectivity index (χ1n) is 5.52. The van der Waals surface area contributed by atoms with Gasteiger partial charge in [-0.05, 0) is 30.3 Å². The van der Waals surface area contributed by atoms with Crippen LogP contribution in [0.5, 0.6) is 0 Å². The van der Waals surface area contributed by atoms with Gasteiger partial charge in [0, 0.05) is 5.02 Å². The Labute approximate surface area is 119 Å². The standard InChI is InChI=1S/C14H7Cl2NO2/c15-8-5-6-11(16)12(7-8)17-13(18)9-3-1-2-4-10(9)14(17)19/h1-7H. The second-order valence-corrected chi connectivity index (χ2v) is 4.93. The van der Waals surface area contributed by atoms with Crippen LogP contribution in [0.15, 0.2) is 42.5 Å². The van der Waals surface area contributed by atoms with Crippen molar-refractivity contribution >= 4 is 40.7 Å². The molecular formula is C14H7Cl2NO2. The van der Waals surface area contributed by atoms with E-state index in [-0.39, 0.29) is 11.8 Å². The second kappa shape index (κ2) is 4.37. The Balaban J connectivity index is 2.17. The summed E-state index contributed by atoms with van der Waals surface area (Å²) < 4.78 is 0. The van der Waals surface area contributed by atoms with E-state index < -0.39 is 0 Å². The predicted octanol–water partition coefficient (Wildman–Crippen LogP) is 3.79. The molecule has 0 bridgehead atoms. The fraction of sp³-hybridized carbons (Fsp3) is 0. The highest BCUT2D eigenvalue weighted by atomic mass is 35.5. The number of imide groups is 1. The summed E-state index contributed by atoms with van der Waals surface area (Å²) >= 11 is 11.9. The van der Waals surface area contributed by atoms with Gasteiger partial charge < -0.3 is 0 Å². The average Bonchev–Trinajstić information content (AvgIpc) is 2.66. The van der Waals surface area contributed by atoms with Gasteiger partial charge in [0.15, 0.2) is 0 Å². The summed E-state index contributed by atoms with van der Waals surface area (Å²) in [4.78, 5) is 25.6. The minimum Gasteiger partial charge on any atom is -0.268 e. The number of rotatable bonds is 1. The lowest BCUT2D eigenvalue weighted by atomic mass is 10.1. The van der Waals surface area contributed by atoms with Crippen molar-refractivity contribution in [3.8, 4) is 0 Å². The quantitative estimate of drug-likeness (QED) is 0.750. The molecule has 0 fully saturated rings. The molecule has 0 atom stereocenters. The zero-order valence-electron chi connectivity index (χ0n) is 9.56. The molecule has 2 aromatic rings. The maximum atomic E-state index is 12.3. The Morgan fingerprint density at radius 1 is 0.842 bits per heavy atom. The van der Waals surface area contributed by atoms with Gasteiger partial charge in [-0.2, -0.15) is 0 Å². The molecule has 3 nitrogen and oxygen atoms in total. The van der Waals surface area contributed by atoms with E-state index in [9.17, 15) is 9.59 Å². The van der Waals surface area contributed by atoms with E-state index in [1.54, 1.807) is 36.4 Å². The van der Waals surface area contributed by atoms with E-state index in [4.69, 9.17) is 23.2 Å². The average molecular weight is 292 g/mol. The fourth-order valence-electron chi connectivity index (χ4n) is 2.07. The normalized spacial score (nSPS) is 13.9. The maximum absolute atomic E-state index is 12.3. The van der Waals surface area contributed by atoms with Crippen molar-refractivity contribution in [1.29, 1.82) is 0 Å². The first-order chi connectivity index (χ1) is 9.09. The van der Waals surface area contributed by atoms with Gasteiger partial charge in [0.1, 0.15) is 0 Å². The number of anilines is 1. The Morgan fingerprint density at radius 2 is 1.42 bits per heavy atom. The van der Waals surface area contributed by atoms with Crippen LogP contribution in [0.4, 0.5) is 5.69 Å². The number of benzene rings is 2. The third-order valence-electron chi connectivity index (χ3n) is 2.94. The van der Waals surface area contributed by atoms with Gasteiger partial charge in [-0.15, -0.1) is 0 Å². The molecule has 0 N–H and O–H groups in total. The van der Waals surface area contributed by atoms with E-state index in [0.717, 1.165) is 4.90 Å². The number of halogens is 2. The summed E-state index contributed by atoms with van der Waals surface area (Å²) in [6, 6.07) is 11.3. The molecule has 3 rings (SSSR count). The highest BCUT2D eigenvalue weighted by molar-refractivity contribution is 6.40. The Hall–Kier alpha value is -1.84. The molecular weight excluding hydrogens is 285 g/mol. The van der Waals surface area contributed by atoms with Crippen LogP contribution < -0.4 is 4.90 Å². The maximum Gasteiger partial charge on any atom is 0.266 e. The van der Waals surface area contributed by atoms with Crippen LogP contribution in [0.2, 0.25) is 10.0 Å². The lowest BCUT2D eigenvalue weighted by Crippen LogP contribution is -2.29. The molecule has 94 valence electrons. The van der Waals surface area contributed by atoms with Crippen LogP contribution in [0.1, 0.15) is 20.7 Å². The molecule has 1 heterocycles. The molecule has 5 heteroatoms. The molecule has 2 amide bonds. The zero-order chi connectivity index (χ0) is 13.6. The number of fused-ring (bicyclic) bond motifs is 1. The lowest BCUT2D eigenvalue weighted by Gasteiger charge is -2.15. The van der Waals surface area contributed by atoms with E-state index in [0.29, 0.717) is 26.9 Å². The van der Waals surface area contributed by atoms with E-state index >= 15 is 0 Å². The lowest BCUT2D eigenvalue weighted by molar-refractivity contribution is 0.0926. The van der Waals surface area contributed by atoms with Gasteiger partial charge in [-0.1, -0.05) is 35.3 Å². The Kier molecular flexibility index (Phi) is 2.81. The van der Waals surface area contributed by atoms with Gasteiger partial charge in [-0.25, -0.2) is 4.90 Å². The van der Waals surface area contributed by atoms with Crippen molar-refractivity contribution in [2.45, 2.75) is 0 Å². The topological polar surface area (TPSA) is 37.4 Å². The third kappa shape index (κ3) is 1.82. The number of hydrogen-bond donors (Lipinski definition) is 0. The molecule has 0 unspecified atom stereocenters. The minimum absolute atomic E-state index is 0.305. The SMILES string of the molecule is O=C1c2ccccc2C(=O)N1c1cc(Cl)ccc1Cl. The number of amides is 2. The summed E-state index contributed by atoms with van der Waals surface area (Å²) in [5, 5.41) is 0.717.